The van der Waals surface area contributed by atoms with Gasteiger partial charge in [0.05, 0.1) is 5.69 Å². The van der Waals surface area contributed by atoms with E-state index in [1.807, 2.05) is 25.1 Å². The maximum atomic E-state index is 9.67. The first-order chi connectivity index (χ1) is 11.0. The van der Waals surface area contributed by atoms with Crippen molar-refractivity contribution in [2.45, 2.75) is 13.3 Å². The number of aryl methyl sites for hydroxylation is 1. The predicted molar refractivity (Wildman–Crippen MR) is 94.4 cm³/mol. The van der Waals surface area contributed by atoms with Gasteiger partial charge in [-0.2, -0.15) is 9.78 Å². The van der Waals surface area contributed by atoms with Gasteiger partial charge in [-0.1, -0.05) is 36.4 Å². The van der Waals surface area contributed by atoms with Crippen LogP contribution in [0.4, 0.5) is 5.82 Å². The minimum atomic E-state index is 0.169. The molecule has 0 fully saturated rings. The van der Waals surface area contributed by atoms with Crippen molar-refractivity contribution < 1.29 is 5.11 Å². The lowest BCUT2D eigenvalue weighted by molar-refractivity contribution is 0.475. The van der Waals surface area contributed by atoms with Crippen molar-refractivity contribution in [3.8, 4) is 5.75 Å². The number of hydrogen-bond donors (Lipinski definition) is 1. The molecule has 1 aromatic heterocycles. The van der Waals surface area contributed by atoms with Gasteiger partial charge in [0.1, 0.15) is 16.7 Å². The van der Waals surface area contributed by atoms with Crippen molar-refractivity contribution in [2.75, 3.05) is 0 Å². The second kappa shape index (κ2) is 6.22. The van der Waals surface area contributed by atoms with Gasteiger partial charge in [-0.25, -0.2) is 9.98 Å². The third-order valence-corrected chi connectivity index (χ3v) is 3.60. The van der Waals surface area contributed by atoms with E-state index < -0.39 is 0 Å². The third kappa shape index (κ3) is 3.24. The van der Waals surface area contributed by atoms with Crippen LogP contribution in [-0.4, -0.2) is 26.3 Å². The van der Waals surface area contributed by atoms with E-state index in [0.717, 1.165) is 11.3 Å². The Kier molecular flexibility index (Phi) is 4.12. The van der Waals surface area contributed by atoms with Gasteiger partial charge in [0.25, 0.3) is 0 Å². The fourth-order valence-corrected chi connectivity index (χ4v) is 2.58. The van der Waals surface area contributed by atoms with Gasteiger partial charge < -0.3 is 5.11 Å². The Bertz CT molecular complexity index is 861. The summed E-state index contributed by atoms with van der Waals surface area (Å²) in [5, 5.41) is 14.3. The number of hydrogen-bond acceptors (Lipinski definition) is 4. The molecule has 1 aliphatic rings. The highest BCUT2D eigenvalue weighted by atomic mass is 35.5. The Labute approximate surface area is 139 Å². The van der Waals surface area contributed by atoms with Crippen LogP contribution >= 0.6 is 11.6 Å². The fourth-order valence-electron chi connectivity index (χ4n) is 2.30. The lowest BCUT2D eigenvalue weighted by Crippen LogP contribution is -2.02. The Morgan fingerprint density at radius 1 is 1.30 bits per heavy atom. The van der Waals surface area contributed by atoms with Crippen LogP contribution in [-0.2, 0) is 0 Å². The van der Waals surface area contributed by atoms with Gasteiger partial charge in [0.2, 0.25) is 0 Å². The van der Waals surface area contributed by atoms with E-state index in [1.165, 1.54) is 0 Å². The lowest BCUT2D eigenvalue weighted by Gasteiger charge is -2.10. The summed E-state index contributed by atoms with van der Waals surface area (Å²) in [6.07, 6.45) is 4.27. The van der Waals surface area contributed by atoms with E-state index in [4.69, 9.17) is 11.6 Å². The maximum Gasteiger partial charge on any atom is 0.157 e. The van der Waals surface area contributed by atoms with Crippen LogP contribution in [0, 0.1) is 6.92 Å². The summed E-state index contributed by atoms with van der Waals surface area (Å²) in [5.74, 6) is 1.21. The van der Waals surface area contributed by atoms with Crippen LogP contribution < -0.4 is 0 Å². The average Bonchev–Trinajstić information content (AvgIpc) is 2.87. The van der Waals surface area contributed by atoms with Gasteiger partial charge in [-0.15, -0.1) is 0 Å². The average molecular weight is 327 g/mol. The molecule has 0 saturated heterocycles. The van der Waals surface area contributed by atoms with Crippen LogP contribution in [0.1, 0.15) is 17.7 Å². The molecule has 0 radical (unpaired) electrons. The van der Waals surface area contributed by atoms with Crippen molar-refractivity contribution >= 4 is 40.2 Å². The number of nitrogens with zero attached hydrogens (tertiary/aromatic N) is 4. The van der Waals surface area contributed by atoms with E-state index in [9.17, 15) is 5.11 Å². The highest BCUT2D eigenvalue weighted by Gasteiger charge is 2.13. The second-order valence-corrected chi connectivity index (χ2v) is 5.45. The summed E-state index contributed by atoms with van der Waals surface area (Å²) in [6.45, 7) is 5.80. The van der Waals surface area contributed by atoms with E-state index >= 15 is 0 Å². The van der Waals surface area contributed by atoms with Gasteiger partial charge in [0.15, 0.2) is 5.82 Å². The summed E-state index contributed by atoms with van der Waals surface area (Å²) in [7, 11) is 0. The van der Waals surface area contributed by atoms with E-state index in [0.29, 0.717) is 23.6 Å². The molecule has 0 spiro atoms. The summed E-state index contributed by atoms with van der Waals surface area (Å²) in [6, 6.07) is 8.71. The SMILES string of the molecule is C=C1N=C(Cl)/C(c2cccc(O)c2)=C\CC=Nc2cc(C)nn21. The van der Waals surface area contributed by atoms with Gasteiger partial charge in [-0.05, 0) is 24.6 Å². The van der Waals surface area contributed by atoms with Crippen molar-refractivity contribution in [3.05, 3.63) is 54.2 Å². The molecule has 0 aliphatic carbocycles. The Morgan fingerprint density at radius 2 is 2.13 bits per heavy atom. The fraction of sp³-hybridized carbons (Fsp3) is 0.118. The first kappa shape index (κ1) is 15.2. The predicted octanol–water partition coefficient (Wildman–Crippen LogP) is 4.15. The zero-order valence-electron chi connectivity index (χ0n) is 12.6. The standard InChI is InChI=1S/C17H15ClN4O/c1-11-9-16-19-8-4-7-15(13-5-3-6-14(23)10-13)17(18)20-12(2)22(16)21-11/h3,5-10,23H,2,4H2,1H3/b15-7-,19-8?,20-17?. The number of phenols is 1. The van der Waals surface area contributed by atoms with Crippen LogP contribution in [0.3, 0.4) is 0 Å². The van der Waals surface area contributed by atoms with Crippen LogP contribution in [0.5, 0.6) is 5.75 Å². The summed E-state index contributed by atoms with van der Waals surface area (Å²) in [5.41, 5.74) is 2.31. The molecule has 1 N–H and O–H groups in total. The van der Waals surface area contributed by atoms with Crippen LogP contribution in [0.2, 0.25) is 0 Å². The number of rotatable bonds is 1. The molecule has 1 aliphatic heterocycles. The Morgan fingerprint density at radius 3 is 2.91 bits per heavy atom. The summed E-state index contributed by atoms with van der Waals surface area (Å²) in [4.78, 5) is 8.74. The van der Waals surface area contributed by atoms with E-state index in [-0.39, 0.29) is 10.9 Å². The third-order valence-electron chi connectivity index (χ3n) is 3.31. The zero-order chi connectivity index (χ0) is 16.4. The van der Waals surface area contributed by atoms with Crippen molar-refractivity contribution in [1.82, 2.24) is 9.78 Å². The summed E-state index contributed by atoms with van der Waals surface area (Å²) < 4.78 is 1.56. The maximum absolute atomic E-state index is 9.67. The van der Waals surface area contributed by atoms with E-state index in [1.54, 1.807) is 29.1 Å². The molecule has 0 atom stereocenters. The number of phenolic OH excluding ortho intramolecular Hbond substituents is 1. The molecule has 5 nitrogen and oxygen atoms in total. The molecule has 23 heavy (non-hydrogen) atoms. The van der Waals surface area contributed by atoms with Crippen molar-refractivity contribution in [2.24, 2.45) is 9.98 Å². The molecule has 116 valence electrons. The first-order valence-electron chi connectivity index (χ1n) is 7.07. The number of aromatic hydroxyl groups is 1. The molecule has 0 amide bonds. The second-order valence-electron chi connectivity index (χ2n) is 5.09. The molecule has 3 rings (SSSR count). The topological polar surface area (TPSA) is 62.8 Å². The Balaban J connectivity index is 2.08. The number of allylic oxidation sites excluding steroid dienone is 2. The lowest BCUT2D eigenvalue weighted by atomic mass is 10.1. The molecule has 1 aromatic carbocycles. The number of halogens is 1. The zero-order valence-corrected chi connectivity index (χ0v) is 13.3. The van der Waals surface area contributed by atoms with Crippen molar-refractivity contribution in [1.29, 1.82) is 0 Å². The number of benzene rings is 1. The molecular weight excluding hydrogens is 312 g/mol. The minimum Gasteiger partial charge on any atom is -0.508 e. The van der Waals surface area contributed by atoms with Crippen LogP contribution in [0.25, 0.3) is 11.4 Å². The molecule has 2 aromatic rings. The molecule has 0 saturated carbocycles. The van der Waals surface area contributed by atoms with Gasteiger partial charge >= 0.3 is 0 Å². The Hall–Kier alpha value is -2.66. The molecule has 0 unspecified atom stereocenters. The molecule has 0 bridgehead atoms. The highest BCUT2D eigenvalue weighted by Crippen LogP contribution is 2.26. The number of fused-ring (bicyclic) bond motifs is 1. The first-order valence-corrected chi connectivity index (χ1v) is 7.45. The largest absolute Gasteiger partial charge is 0.508 e. The molecular formula is C17H15ClN4O. The van der Waals surface area contributed by atoms with Gasteiger partial charge in [-0.3, -0.25) is 0 Å². The smallest absolute Gasteiger partial charge is 0.157 e. The quantitative estimate of drug-likeness (QED) is 0.855. The van der Waals surface area contributed by atoms with E-state index in [2.05, 4.69) is 21.7 Å². The highest BCUT2D eigenvalue weighted by molar-refractivity contribution is 6.76. The monoisotopic (exact) mass is 326 g/mol. The normalized spacial score (nSPS) is 17.2. The number of aliphatic imine (C=N–C) groups is 2. The summed E-state index contributed by atoms with van der Waals surface area (Å²) >= 11 is 6.39. The molecule has 6 heteroatoms. The van der Waals surface area contributed by atoms with Crippen LogP contribution in [0.15, 0.2) is 53.0 Å². The molecule has 2 heterocycles. The van der Waals surface area contributed by atoms with Crippen molar-refractivity contribution in [3.63, 3.8) is 0 Å². The number of aromatic nitrogens is 2. The minimum absolute atomic E-state index is 0.169. The van der Waals surface area contributed by atoms with Gasteiger partial charge in [0, 0.05) is 24.3 Å².